The summed E-state index contributed by atoms with van der Waals surface area (Å²) < 4.78 is 21.6. The Kier molecular flexibility index (Phi) is 3.48. The van der Waals surface area contributed by atoms with Gasteiger partial charge in [0.2, 0.25) is 0 Å². The van der Waals surface area contributed by atoms with E-state index in [4.69, 9.17) is 0 Å². The third-order valence-electron chi connectivity index (χ3n) is 1.73. The van der Waals surface area contributed by atoms with Crippen molar-refractivity contribution in [3.63, 3.8) is 0 Å². The predicted molar refractivity (Wildman–Crippen MR) is 53.3 cm³/mol. The molecule has 1 radical (unpaired) electrons. The normalized spacial score (nSPS) is 11.5. The van der Waals surface area contributed by atoms with Crippen molar-refractivity contribution in [2.24, 2.45) is 0 Å². The van der Waals surface area contributed by atoms with Gasteiger partial charge in [0.05, 0.1) is 5.75 Å². The Morgan fingerprint density at radius 1 is 1.38 bits per heavy atom. The SMILES string of the molecule is CS(=O)(=O)CCCc1[c]cccc1. The van der Waals surface area contributed by atoms with E-state index in [2.05, 4.69) is 6.07 Å². The first kappa shape index (κ1) is 10.3. The molecule has 0 aliphatic rings. The lowest BCUT2D eigenvalue weighted by Crippen LogP contribution is -2.03. The highest BCUT2D eigenvalue weighted by Gasteiger charge is 2.01. The Hall–Kier alpha value is -0.830. The summed E-state index contributed by atoms with van der Waals surface area (Å²) in [6.07, 6.45) is 2.73. The predicted octanol–water partition coefficient (Wildman–Crippen LogP) is 1.46. The second-order valence-corrected chi connectivity index (χ2v) is 5.38. The molecule has 2 nitrogen and oxygen atoms in total. The maximum atomic E-state index is 10.8. The van der Waals surface area contributed by atoms with Crippen molar-refractivity contribution in [2.75, 3.05) is 12.0 Å². The van der Waals surface area contributed by atoms with Gasteiger partial charge < -0.3 is 0 Å². The molecule has 13 heavy (non-hydrogen) atoms. The molecule has 0 heterocycles. The standard InChI is InChI=1S/C10H13O2S/c1-13(11,12)9-5-8-10-6-3-2-4-7-10/h2-4,6H,5,8-9H2,1H3. The van der Waals surface area contributed by atoms with E-state index < -0.39 is 9.84 Å². The Bertz CT molecular complexity index is 340. The fraction of sp³-hybridized carbons (Fsp3) is 0.400. The number of sulfone groups is 1. The lowest BCUT2D eigenvalue weighted by molar-refractivity contribution is 0.599. The first-order valence-electron chi connectivity index (χ1n) is 4.21. The molecule has 0 unspecified atom stereocenters. The van der Waals surface area contributed by atoms with E-state index in [0.29, 0.717) is 6.42 Å². The summed E-state index contributed by atoms with van der Waals surface area (Å²) in [6.45, 7) is 0. The van der Waals surface area contributed by atoms with Crippen molar-refractivity contribution in [2.45, 2.75) is 12.8 Å². The molecular weight excluding hydrogens is 184 g/mol. The Labute approximate surface area is 79.5 Å². The van der Waals surface area contributed by atoms with Crippen molar-refractivity contribution in [1.82, 2.24) is 0 Å². The van der Waals surface area contributed by atoms with Gasteiger partial charge in [-0.3, -0.25) is 0 Å². The van der Waals surface area contributed by atoms with Gasteiger partial charge in [0.25, 0.3) is 0 Å². The Morgan fingerprint density at radius 3 is 2.69 bits per heavy atom. The number of aryl methyl sites for hydroxylation is 1. The second kappa shape index (κ2) is 4.42. The number of rotatable bonds is 4. The molecule has 3 heteroatoms. The topological polar surface area (TPSA) is 34.1 Å². The van der Waals surface area contributed by atoms with Crippen LogP contribution >= 0.6 is 0 Å². The number of benzene rings is 1. The monoisotopic (exact) mass is 197 g/mol. The minimum atomic E-state index is -2.81. The highest BCUT2D eigenvalue weighted by molar-refractivity contribution is 7.90. The van der Waals surface area contributed by atoms with E-state index in [-0.39, 0.29) is 5.75 Å². The van der Waals surface area contributed by atoms with Crippen molar-refractivity contribution in [3.8, 4) is 0 Å². The average Bonchev–Trinajstić information content (AvgIpc) is 2.04. The highest BCUT2D eigenvalue weighted by atomic mass is 32.2. The lowest BCUT2D eigenvalue weighted by atomic mass is 10.1. The Balaban J connectivity index is 2.37. The van der Waals surface area contributed by atoms with Gasteiger partial charge in [-0.1, -0.05) is 24.3 Å². The van der Waals surface area contributed by atoms with Gasteiger partial charge in [0.1, 0.15) is 9.84 Å². The molecule has 1 rings (SSSR count). The highest BCUT2D eigenvalue weighted by Crippen LogP contribution is 2.02. The van der Waals surface area contributed by atoms with E-state index >= 15 is 0 Å². The smallest absolute Gasteiger partial charge is 0.147 e. The van der Waals surface area contributed by atoms with Crippen molar-refractivity contribution in [3.05, 3.63) is 35.9 Å². The average molecular weight is 197 g/mol. The summed E-state index contributed by atoms with van der Waals surface area (Å²) in [6, 6.07) is 10.7. The van der Waals surface area contributed by atoms with Crippen LogP contribution in [0, 0.1) is 6.07 Å². The van der Waals surface area contributed by atoms with Crippen LogP contribution in [0.5, 0.6) is 0 Å². The van der Waals surface area contributed by atoms with Crippen molar-refractivity contribution < 1.29 is 8.42 Å². The first-order chi connectivity index (χ1) is 6.08. The zero-order valence-electron chi connectivity index (χ0n) is 7.66. The van der Waals surface area contributed by atoms with Crippen LogP contribution in [-0.4, -0.2) is 20.4 Å². The van der Waals surface area contributed by atoms with Crippen LogP contribution in [0.2, 0.25) is 0 Å². The van der Waals surface area contributed by atoms with Crippen LogP contribution in [0.4, 0.5) is 0 Å². The van der Waals surface area contributed by atoms with Crippen LogP contribution in [0.1, 0.15) is 12.0 Å². The summed E-state index contributed by atoms with van der Waals surface area (Å²) in [5.74, 6) is 0.260. The molecule has 71 valence electrons. The second-order valence-electron chi connectivity index (χ2n) is 3.12. The molecule has 1 aromatic carbocycles. The van der Waals surface area contributed by atoms with E-state index in [1.807, 2.05) is 24.3 Å². The molecule has 0 fully saturated rings. The van der Waals surface area contributed by atoms with Crippen molar-refractivity contribution >= 4 is 9.84 Å². The molecule has 0 bridgehead atoms. The summed E-state index contributed by atoms with van der Waals surface area (Å²) in [5, 5.41) is 0. The zero-order chi connectivity index (χ0) is 9.73. The summed E-state index contributed by atoms with van der Waals surface area (Å²) in [7, 11) is -2.81. The van der Waals surface area contributed by atoms with E-state index in [9.17, 15) is 8.42 Å². The molecule has 1 aromatic rings. The maximum Gasteiger partial charge on any atom is 0.147 e. The minimum Gasteiger partial charge on any atom is -0.229 e. The van der Waals surface area contributed by atoms with Crippen LogP contribution in [0.3, 0.4) is 0 Å². The first-order valence-corrected chi connectivity index (χ1v) is 6.27. The number of hydrogen-bond donors (Lipinski definition) is 0. The molecule has 0 saturated heterocycles. The zero-order valence-corrected chi connectivity index (χ0v) is 8.47. The van der Waals surface area contributed by atoms with E-state index in [0.717, 1.165) is 12.0 Å². The fourth-order valence-corrected chi connectivity index (χ4v) is 1.78. The van der Waals surface area contributed by atoms with Crippen LogP contribution in [-0.2, 0) is 16.3 Å². The number of hydrogen-bond acceptors (Lipinski definition) is 2. The van der Waals surface area contributed by atoms with Gasteiger partial charge in [0, 0.05) is 6.26 Å². The van der Waals surface area contributed by atoms with Crippen molar-refractivity contribution in [1.29, 1.82) is 0 Å². The molecule has 0 aliphatic heterocycles. The van der Waals surface area contributed by atoms with Gasteiger partial charge in [0.15, 0.2) is 0 Å². The van der Waals surface area contributed by atoms with E-state index in [1.54, 1.807) is 0 Å². The van der Waals surface area contributed by atoms with Gasteiger partial charge in [-0.2, -0.15) is 0 Å². The fourth-order valence-electron chi connectivity index (χ4n) is 1.11. The molecule has 0 saturated carbocycles. The quantitative estimate of drug-likeness (QED) is 0.732. The molecule has 0 aliphatic carbocycles. The summed E-state index contributed by atoms with van der Waals surface area (Å²) in [4.78, 5) is 0. The van der Waals surface area contributed by atoms with Gasteiger partial charge in [-0.25, -0.2) is 8.42 Å². The van der Waals surface area contributed by atoms with Gasteiger partial charge in [-0.05, 0) is 24.5 Å². The minimum absolute atomic E-state index is 0.260. The lowest BCUT2D eigenvalue weighted by Gasteiger charge is -1.98. The largest absolute Gasteiger partial charge is 0.229 e. The maximum absolute atomic E-state index is 10.8. The van der Waals surface area contributed by atoms with Gasteiger partial charge in [-0.15, -0.1) is 0 Å². The molecule has 0 atom stereocenters. The third-order valence-corrected chi connectivity index (χ3v) is 2.76. The third kappa shape index (κ3) is 4.68. The van der Waals surface area contributed by atoms with Crippen LogP contribution in [0.15, 0.2) is 24.3 Å². The molecular formula is C10H13O2S. The molecule has 0 amide bonds. The van der Waals surface area contributed by atoms with E-state index in [1.165, 1.54) is 6.26 Å². The van der Waals surface area contributed by atoms with Gasteiger partial charge >= 0.3 is 0 Å². The summed E-state index contributed by atoms with van der Waals surface area (Å²) >= 11 is 0. The summed E-state index contributed by atoms with van der Waals surface area (Å²) in [5.41, 5.74) is 1.08. The van der Waals surface area contributed by atoms with Crippen LogP contribution in [0.25, 0.3) is 0 Å². The Morgan fingerprint density at radius 2 is 2.15 bits per heavy atom. The molecule has 0 aromatic heterocycles. The molecule has 0 spiro atoms. The molecule has 0 N–H and O–H groups in total. The van der Waals surface area contributed by atoms with Crippen LogP contribution < -0.4 is 0 Å².